The van der Waals surface area contributed by atoms with E-state index in [0.29, 0.717) is 23.4 Å². The number of benzene rings is 2. The summed E-state index contributed by atoms with van der Waals surface area (Å²) in [6.45, 7) is 4.07. The van der Waals surface area contributed by atoms with Gasteiger partial charge in [0, 0.05) is 5.56 Å². The number of sulfonamides is 1. The van der Waals surface area contributed by atoms with Crippen LogP contribution in [0.3, 0.4) is 0 Å². The number of rotatable bonds is 12. The number of unbranched alkanes of at least 4 members (excludes halogenated alkanes) is 5. The molecule has 2 rings (SSSR count). The van der Waals surface area contributed by atoms with E-state index >= 15 is 0 Å². The van der Waals surface area contributed by atoms with Crippen molar-refractivity contribution in [1.82, 2.24) is 4.83 Å². The van der Waals surface area contributed by atoms with Gasteiger partial charge in [-0.1, -0.05) is 92.2 Å². The molecule has 0 aliphatic rings. The van der Waals surface area contributed by atoms with E-state index in [2.05, 4.69) is 22.0 Å². The SMILES string of the molecule is CCCCCCCCC(=N\O)/C(=N\NS(=O)(=O)c1ccc(C)cc1)c1ccccc1. The van der Waals surface area contributed by atoms with E-state index in [4.69, 9.17) is 0 Å². The predicted octanol–water partition coefficient (Wildman–Crippen LogP) is 5.26. The van der Waals surface area contributed by atoms with Gasteiger partial charge in [0.2, 0.25) is 0 Å². The van der Waals surface area contributed by atoms with Gasteiger partial charge in [-0.05, 0) is 31.9 Å². The highest BCUT2D eigenvalue weighted by molar-refractivity contribution is 7.89. The Labute approximate surface area is 179 Å². The summed E-state index contributed by atoms with van der Waals surface area (Å²) in [6.07, 6.45) is 7.12. The molecule has 0 aliphatic carbocycles. The zero-order chi connectivity index (χ0) is 21.8. The minimum Gasteiger partial charge on any atom is -0.411 e. The van der Waals surface area contributed by atoms with Crippen LogP contribution in [0.1, 0.15) is 63.0 Å². The third kappa shape index (κ3) is 7.30. The van der Waals surface area contributed by atoms with Crippen LogP contribution in [0, 0.1) is 6.92 Å². The Bertz CT molecular complexity index is 937. The van der Waals surface area contributed by atoms with Gasteiger partial charge >= 0.3 is 0 Å². The highest BCUT2D eigenvalue weighted by Crippen LogP contribution is 2.13. The molecule has 30 heavy (non-hydrogen) atoms. The molecule has 6 nitrogen and oxygen atoms in total. The average Bonchev–Trinajstić information content (AvgIpc) is 2.75. The normalized spacial score (nSPS) is 12.7. The highest BCUT2D eigenvalue weighted by Gasteiger charge is 2.17. The average molecular weight is 430 g/mol. The molecule has 0 radical (unpaired) electrons. The van der Waals surface area contributed by atoms with Crippen LogP contribution < -0.4 is 4.83 Å². The van der Waals surface area contributed by atoms with Crippen molar-refractivity contribution >= 4 is 21.4 Å². The fraction of sp³-hybridized carbons (Fsp3) is 0.391. The van der Waals surface area contributed by atoms with Crippen LogP contribution in [0.15, 0.2) is 69.7 Å². The molecule has 0 aliphatic heterocycles. The van der Waals surface area contributed by atoms with Crippen molar-refractivity contribution in [2.24, 2.45) is 10.3 Å². The fourth-order valence-electron chi connectivity index (χ4n) is 3.06. The summed E-state index contributed by atoms with van der Waals surface area (Å²) in [6, 6.07) is 15.7. The van der Waals surface area contributed by atoms with Crippen molar-refractivity contribution < 1.29 is 13.6 Å². The van der Waals surface area contributed by atoms with E-state index < -0.39 is 10.0 Å². The van der Waals surface area contributed by atoms with E-state index in [9.17, 15) is 13.6 Å². The first-order chi connectivity index (χ1) is 14.5. The van der Waals surface area contributed by atoms with Crippen molar-refractivity contribution in [1.29, 1.82) is 0 Å². The standard InChI is InChI=1S/C23H31N3O3S/c1-3-4-5-6-7-11-14-22(25-27)23(20-12-9-8-10-13-20)24-26-30(28,29)21-17-15-19(2)16-18-21/h8-10,12-13,15-18,26-27H,3-7,11,14H2,1-2H3/b24-23-,25-22+. The lowest BCUT2D eigenvalue weighted by molar-refractivity contribution is 0.318. The Hall–Kier alpha value is -2.67. The summed E-state index contributed by atoms with van der Waals surface area (Å²) >= 11 is 0. The van der Waals surface area contributed by atoms with Gasteiger partial charge in [-0.25, -0.2) is 0 Å². The number of hydrogen-bond donors (Lipinski definition) is 2. The van der Waals surface area contributed by atoms with E-state index in [-0.39, 0.29) is 4.90 Å². The van der Waals surface area contributed by atoms with Crippen LogP contribution in [0.4, 0.5) is 0 Å². The summed E-state index contributed by atoms with van der Waals surface area (Å²) < 4.78 is 25.3. The van der Waals surface area contributed by atoms with Gasteiger partial charge in [0.05, 0.1) is 4.90 Å². The highest BCUT2D eigenvalue weighted by atomic mass is 32.2. The minimum absolute atomic E-state index is 0.127. The van der Waals surface area contributed by atoms with Crippen molar-refractivity contribution in [3.63, 3.8) is 0 Å². The maximum Gasteiger partial charge on any atom is 0.276 e. The molecule has 7 heteroatoms. The second-order valence-corrected chi connectivity index (χ2v) is 8.96. The predicted molar refractivity (Wildman–Crippen MR) is 122 cm³/mol. The van der Waals surface area contributed by atoms with Gasteiger partial charge in [-0.15, -0.1) is 0 Å². The summed E-state index contributed by atoms with van der Waals surface area (Å²) in [5.74, 6) is 0. The third-order valence-electron chi connectivity index (χ3n) is 4.82. The smallest absolute Gasteiger partial charge is 0.276 e. The number of nitrogens with zero attached hydrogens (tertiary/aromatic N) is 2. The number of nitrogens with one attached hydrogen (secondary N) is 1. The first-order valence-electron chi connectivity index (χ1n) is 10.4. The first-order valence-corrected chi connectivity index (χ1v) is 11.9. The molecule has 0 fully saturated rings. The molecule has 162 valence electrons. The summed E-state index contributed by atoms with van der Waals surface area (Å²) in [7, 11) is -3.83. The number of oxime groups is 1. The molecule has 0 bridgehead atoms. The maximum absolute atomic E-state index is 12.6. The molecule has 0 aromatic heterocycles. The van der Waals surface area contributed by atoms with Crippen LogP contribution in [0.25, 0.3) is 0 Å². The van der Waals surface area contributed by atoms with Gasteiger partial charge in [0.15, 0.2) is 0 Å². The molecule has 2 aromatic carbocycles. The van der Waals surface area contributed by atoms with Crippen LogP contribution in [-0.4, -0.2) is 25.0 Å². The van der Waals surface area contributed by atoms with Crippen molar-refractivity contribution in [3.8, 4) is 0 Å². The molecular formula is C23H31N3O3S. The van der Waals surface area contributed by atoms with Crippen LogP contribution in [-0.2, 0) is 10.0 Å². The largest absolute Gasteiger partial charge is 0.411 e. The molecule has 2 aromatic rings. The van der Waals surface area contributed by atoms with Crippen LogP contribution in [0.5, 0.6) is 0 Å². The topological polar surface area (TPSA) is 91.1 Å². The zero-order valence-corrected chi connectivity index (χ0v) is 18.5. The van der Waals surface area contributed by atoms with Gasteiger partial charge in [-0.3, -0.25) is 0 Å². The second-order valence-electron chi connectivity index (χ2n) is 7.30. The van der Waals surface area contributed by atoms with Gasteiger partial charge in [0.1, 0.15) is 11.4 Å². The quantitative estimate of drug-likeness (QED) is 0.209. The Morgan fingerprint density at radius 1 is 0.933 bits per heavy atom. The first kappa shape index (κ1) is 23.6. The fourth-order valence-corrected chi connectivity index (χ4v) is 3.87. The molecule has 0 heterocycles. The van der Waals surface area contributed by atoms with Crippen LogP contribution >= 0.6 is 0 Å². The Morgan fingerprint density at radius 2 is 1.57 bits per heavy atom. The monoisotopic (exact) mass is 429 g/mol. The Morgan fingerprint density at radius 3 is 2.20 bits per heavy atom. The van der Waals surface area contributed by atoms with Gasteiger partial charge < -0.3 is 5.21 Å². The molecule has 0 saturated carbocycles. The zero-order valence-electron chi connectivity index (χ0n) is 17.7. The lowest BCUT2D eigenvalue weighted by atomic mass is 10.0. The molecule has 0 saturated heterocycles. The van der Waals surface area contributed by atoms with E-state index in [0.717, 1.165) is 24.8 Å². The Kier molecular flexibility index (Phi) is 9.54. The third-order valence-corrected chi connectivity index (χ3v) is 6.04. The van der Waals surface area contributed by atoms with Crippen molar-refractivity contribution in [3.05, 3.63) is 65.7 Å². The van der Waals surface area contributed by atoms with Crippen molar-refractivity contribution in [2.75, 3.05) is 0 Å². The second kappa shape index (κ2) is 12.1. The lowest BCUT2D eigenvalue weighted by Crippen LogP contribution is -2.24. The maximum atomic E-state index is 12.6. The molecule has 0 amide bonds. The van der Waals surface area contributed by atoms with Crippen LogP contribution in [0.2, 0.25) is 0 Å². The Balaban J connectivity index is 2.19. The summed E-state index contributed by atoms with van der Waals surface area (Å²) in [4.78, 5) is 2.42. The molecule has 0 spiro atoms. The molecular weight excluding hydrogens is 398 g/mol. The lowest BCUT2D eigenvalue weighted by Gasteiger charge is -2.11. The number of hydrogen-bond acceptors (Lipinski definition) is 5. The van der Waals surface area contributed by atoms with Crippen molar-refractivity contribution in [2.45, 2.75) is 63.7 Å². The summed E-state index contributed by atoms with van der Waals surface area (Å²) in [5.41, 5.74) is 2.34. The minimum atomic E-state index is -3.83. The molecule has 0 atom stereocenters. The molecule has 0 unspecified atom stereocenters. The van der Waals surface area contributed by atoms with E-state index in [1.807, 2.05) is 37.3 Å². The van der Waals surface area contributed by atoms with Gasteiger partial charge in [-0.2, -0.15) is 18.4 Å². The van der Waals surface area contributed by atoms with Gasteiger partial charge in [0.25, 0.3) is 10.0 Å². The van der Waals surface area contributed by atoms with E-state index in [1.54, 1.807) is 12.1 Å². The summed E-state index contributed by atoms with van der Waals surface area (Å²) in [5, 5.41) is 17.2. The molecule has 2 N–H and O–H groups in total. The number of hydrazone groups is 1. The number of aryl methyl sites for hydroxylation is 1. The van der Waals surface area contributed by atoms with E-state index in [1.165, 1.54) is 31.4 Å².